The van der Waals surface area contributed by atoms with Crippen LogP contribution in [-0.4, -0.2) is 33.5 Å². The molecule has 1 aliphatic heterocycles. The molecule has 2 heterocycles. The molecule has 1 aromatic carbocycles. The summed E-state index contributed by atoms with van der Waals surface area (Å²) >= 11 is 13.8. The summed E-state index contributed by atoms with van der Waals surface area (Å²) < 4.78 is 0. The Morgan fingerprint density at radius 2 is 2.22 bits per heavy atom. The van der Waals surface area contributed by atoms with Gasteiger partial charge in [-0.15, -0.1) is 11.3 Å². The fraction of sp³-hybridized carbons (Fsp3) is 0.375. The molecule has 1 aromatic heterocycles. The van der Waals surface area contributed by atoms with Crippen LogP contribution in [0.25, 0.3) is 11.3 Å². The molecule has 4 nitrogen and oxygen atoms in total. The fourth-order valence-corrected chi connectivity index (χ4v) is 4.04. The van der Waals surface area contributed by atoms with Crippen molar-refractivity contribution >= 4 is 40.5 Å². The van der Waals surface area contributed by atoms with Crippen LogP contribution in [0.5, 0.6) is 0 Å². The molecule has 0 amide bonds. The Morgan fingerprint density at radius 1 is 1.39 bits per heavy atom. The first-order valence-corrected chi connectivity index (χ1v) is 9.05. The lowest BCUT2D eigenvalue weighted by Crippen LogP contribution is -2.43. The fourth-order valence-electron chi connectivity index (χ4n) is 2.83. The lowest BCUT2D eigenvalue weighted by atomic mass is 10.0. The van der Waals surface area contributed by atoms with Gasteiger partial charge in [0, 0.05) is 16.0 Å². The summed E-state index contributed by atoms with van der Waals surface area (Å²) in [7, 11) is 0. The zero-order valence-corrected chi connectivity index (χ0v) is 14.7. The summed E-state index contributed by atoms with van der Waals surface area (Å²) in [6.07, 6.45) is 2.70. The summed E-state index contributed by atoms with van der Waals surface area (Å²) in [6.45, 7) is 1.35. The molecule has 2 aromatic rings. The smallest absolute Gasteiger partial charge is 0.320 e. The molecule has 0 radical (unpaired) electrons. The number of carboxylic acid groups (broad SMARTS) is 1. The normalized spacial score (nSPS) is 19.0. The van der Waals surface area contributed by atoms with Gasteiger partial charge in [-0.1, -0.05) is 29.6 Å². The second-order valence-corrected chi connectivity index (χ2v) is 7.36. The van der Waals surface area contributed by atoms with Crippen LogP contribution >= 0.6 is 34.5 Å². The number of aromatic nitrogens is 1. The largest absolute Gasteiger partial charge is 0.480 e. The number of aliphatic carboxylic acids is 1. The first kappa shape index (κ1) is 16.7. The number of thiazole rings is 1. The molecular formula is C16H16Cl2N2O2S. The molecular weight excluding hydrogens is 355 g/mol. The predicted molar refractivity (Wildman–Crippen MR) is 93.3 cm³/mol. The molecule has 122 valence electrons. The van der Waals surface area contributed by atoms with E-state index < -0.39 is 12.0 Å². The minimum absolute atomic E-state index is 0.411. The highest BCUT2D eigenvalue weighted by atomic mass is 35.5. The van der Waals surface area contributed by atoms with Gasteiger partial charge in [-0.25, -0.2) is 4.98 Å². The molecule has 7 heteroatoms. The minimum Gasteiger partial charge on any atom is -0.480 e. The van der Waals surface area contributed by atoms with E-state index in [0.717, 1.165) is 35.7 Å². The van der Waals surface area contributed by atoms with Gasteiger partial charge in [0.15, 0.2) is 0 Å². The SMILES string of the molecule is O=C(O)C1CCCCN1Cc1nc(-c2cc(Cl)ccc2Cl)cs1. The minimum atomic E-state index is -0.751. The standard InChI is InChI=1S/C16H16Cl2N2O2S/c17-10-4-5-12(18)11(7-10)13-9-23-15(19-13)8-20-6-2-1-3-14(20)16(21)22/h4-5,7,9,14H,1-3,6,8H2,(H,21,22). The van der Waals surface area contributed by atoms with Gasteiger partial charge in [0.2, 0.25) is 0 Å². The van der Waals surface area contributed by atoms with Crippen LogP contribution in [0, 0.1) is 0 Å². The van der Waals surface area contributed by atoms with Gasteiger partial charge >= 0.3 is 5.97 Å². The van der Waals surface area contributed by atoms with Gasteiger partial charge in [-0.3, -0.25) is 9.69 Å². The number of carbonyl (C=O) groups is 1. The van der Waals surface area contributed by atoms with E-state index in [1.165, 1.54) is 11.3 Å². The Hall–Kier alpha value is -1.14. The third-order valence-corrected chi connectivity index (χ3v) is 5.39. The first-order chi connectivity index (χ1) is 11.0. The van der Waals surface area contributed by atoms with Crippen LogP contribution in [0.15, 0.2) is 23.6 Å². The van der Waals surface area contributed by atoms with E-state index in [1.54, 1.807) is 18.2 Å². The number of carboxylic acids is 1. The summed E-state index contributed by atoms with van der Waals surface area (Å²) in [5.74, 6) is -0.751. The van der Waals surface area contributed by atoms with Gasteiger partial charge in [-0.05, 0) is 37.6 Å². The van der Waals surface area contributed by atoms with E-state index in [-0.39, 0.29) is 0 Å². The maximum absolute atomic E-state index is 11.4. The quantitative estimate of drug-likeness (QED) is 0.856. The molecule has 0 aliphatic carbocycles. The summed E-state index contributed by atoms with van der Waals surface area (Å²) in [5, 5.41) is 13.4. The van der Waals surface area contributed by atoms with Crippen molar-refractivity contribution in [3.05, 3.63) is 38.6 Å². The van der Waals surface area contributed by atoms with E-state index in [2.05, 4.69) is 4.98 Å². The number of hydrogen-bond acceptors (Lipinski definition) is 4. The number of rotatable bonds is 4. The number of likely N-dealkylation sites (tertiary alicyclic amines) is 1. The van der Waals surface area contributed by atoms with Crippen molar-refractivity contribution in [1.29, 1.82) is 0 Å². The van der Waals surface area contributed by atoms with Crippen LogP contribution in [0.4, 0.5) is 0 Å². The molecule has 0 saturated carbocycles. The van der Waals surface area contributed by atoms with E-state index >= 15 is 0 Å². The molecule has 0 spiro atoms. The van der Waals surface area contributed by atoms with Crippen molar-refractivity contribution in [2.24, 2.45) is 0 Å². The Bertz CT molecular complexity index is 720. The Balaban J connectivity index is 1.79. The van der Waals surface area contributed by atoms with Gasteiger partial charge in [0.25, 0.3) is 0 Å². The van der Waals surface area contributed by atoms with Crippen molar-refractivity contribution in [2.75, 3.05) is 6.54 Å². The van der Waals surface area contributed by atoms with Gasteiger partial charge in [0.05, 0.1) is 17.3 Å². The first-order valence-electron chi connectivity index (χ1n) is 7.41. The van der Waals surface area contributed by atoms with Crippen molar-refractivity contribution < 1.29 is 9.90 Å². The molecule has 1 unspecified atom stereocenters. The average molecular weight is 371 g/mol. The maximum Gasteiger partial charge on any atom is 0.320 e. The van der Waals surface area contributed by atoms with Crippen LogP contribution in [0.1, 0.15) is 24.3 Å². The van der Waals surface area contributed by atoms with E-state index in [9.17, 15) is 9.90 Å². The number of piperidine rings is 1. The highest BCUT2D eigenvalue weighted by Crippen LogP contribution is 2.32. The van der Waals surface area contributed by atoms with Crippen LogP contribution < -0.4 is 0 Å². The highest BCUT2D eigenvalue weighted by molar-refractivity contribution is 7.09. The molecule has 1 atom stereocenters. The van der Waals surface area contributed by atoms with Crippen molar-refractivity contribution in [2.45, 2.75) is 31.8 Å². The molecule has 3 rings (SSSR count). The summed E-state index contributed by atoms with van der Waals surface area (Å²) in [6, 6.07) is 4.88. The molecule has 1 saturated heterocycles. The number of nitrogens with zero attached hydrogens (tertiary/aromatic N) is 2. The Labute approximate surface area is 148 Å². The third-order valence-electron chi connectivity index (χ3n) is 3.99. The van der Waals surface area contributed by atoms with Gasteiger partial charge in [0.1, 0.15) is 11.0 Å². The van der Waals surface area contributed by atoms with Crippen LogP contribution in [0.3, 0.4) is 0 Å². The lowest BCUT2D eigenvalue weighted by Gasteiger charge is -2.31. The van der Waals surface area contributed by atoms with E-state index in [1.807, 2.05) is 10.3 Å². The van der Waals surface area contributed by atoms with Crippen molar-refractivity contribution in [3.8, 4) is 11.3 Å². The second-order valence-electron chi connectivity index (χ2n) is 5.57. The summed E-state index contributed by atoms with van der Waals surface area (Å²) in [4.78, 5) is 18.0. The number of benzene rings is 1. The second kappa shape index (κ2) is 7.18. The van der Waals surface area contributed by atoms with Gasteiger partial charge in [-0.2, -0.15) is 0 Å². The van der Waals surface area contributed by atoms with Crippen LogP contribution in [-0.2, 0) is 11.3 Å². The average Bonchev–Trinajstić information content (AvgIpc) is 2.98. The lowest BCUT2D eigenvalue weighted by molar-refractivity contribution is -0.144. The Morgan fingerprint density at radius 3 is 3.00 bits per heavy atom. The van der Waals surface area contributed by atoms with Crippen molar-refractivity contribution in [3.63, 3.8) is 0 Å². The van der Waals surface area contributed by atoms with E-state index in [0.29, 0.717) is 23.0 Å². The monoisotopic (exact) mass is 370 g/mol. The topological polar surface area (TPSA) is 53.4 Å². The highest BCUT2D eigenvalue weighted by Gasteiger charge is 2.28. The summed E-state index contributed by atoms with van der Waals surface area (Å²) in [5.41, 5.74) is 1.58. The zero-order chi connectivity index (χ0) is 16.4. The maximum atomic E-state index is 11.4. The number of hydrogen-bond donors (Lipinski definition) is 1. The zero-order valence-electron chi connectivity index (χ0n) is 12.3. The molecule has 1 aliphatic rings. The molecule has 1 fully saturated rings. The predicted octanol–water partition coefficient (Wildman–Crippen LogP) is 4.56. The Kier molecular flexibility index (Phi) is 5.21. The van der Waals surface area contributed by atoms with Gasteiger partial charge < -0.3 is 5.11 Å². The van der Waals surface area contributed by atoms with E-state index in [4.69, 9.17) is 23.2 Å². The molecule has 0 bridgehead atoms. The van der Waals surface area contributed by atoms with Crippen LogP contribution in [0.2, 0.25) is 10.0 Å². The van der Waals surface area contributed by atoms with Crippen molar-refractivity contribution in [1.82, 2.24) is 9.88 Å². The molecule has 23 heavy (non-hydrogen) atoms. The molecule has 1 N–H and O–H groups in total. The number of halogens is 2. The third kappa shape index (κ3) is 3.86.